The van der Waals surface area contributed by atoms with Gasteiger partial charge in [-0.05, 0) is 67.3 Å². The van der Waals surface area contributed by atoms with Crippen molar-refractivity contribution in [2.45, 2.75) is 32.2 Å². The molecule has 1 atom stereocenters. The summed E-state index contributed by atoms with van der Waals surface area (Å²) in [7, 11) is 0. The summed E-state index contributed by atoms with van der Waals surface area (Å²) in [5.74, 6) is 0.936. The highest BCUT2D eigenvalue weighted by atomic mass is 16.5. The van der Waals surface area contributed by atoms with Crippen LogP contribution in [0.3, 0.4) is 0 Å². The number of furan rings is 1. The molecule has 0 bridgehead atoms. The van der Waals surface area contributed by atoms with Gasteiger partial charge in [0.25, 0.3) is 5.91 Å². The van der Waals surface area contributed by atoms with Crippen LogP contribution >= 0.6 is 0 Å². The molecule has 0 fully saturated rings. The molecule has 1 heterocycles. The number of fused-ring (bicyclic) bond motifs is 1. The van der Waals surface area contributed by atoms with Crippen molar-refractivity contribution in [3.8, 4) is 17.1 Å². The van der Waals surface area contributed by atoms with E-state index in [-0.39, 0.29) is 17.9 Å². The van der Waals surface area contributed by atoms with Crippen molar-refractivity contribution in [3.05, 3.63) is 126 Å². The third-order valence-corrected chi connectivity index (χ3v) is 6.81. The van der Waals surface area contributed by atoms with Crippen molar-refractivity contribution in [2.75, 3.05) is 13.2 Å². The summed E-state index contributed by atoms with van der Waals surface area (Å²) in [6.07, 6.45) is 1.55. The molecule has 0 aliphatic heterocycles. The second kappa shape index (κ2) is 13.5. The van der Waals surface area contributed by atoms with Gasteiger partial charge in [-0.15, -0.1) is 0 Å². The molecule has 0 aliphatic carbocycles. The average molecular weight is 548 g/mol. The molecule has 4 aromatic carbocycles. The second-order valence-electron chi connectivity index (χ2n) is 9.74. The zero-order valence-electron chi connectivity index (χ0n) is 23.0. The number of hydrogen-bond donors (Lipinski definition) is 1. The number of ether oxygens (including phenoxy) is 2. The maximum absolute atomic E-state index is 13.4. The van der Waals surface area contributed by atoms with E-state index in [2.05, 4.69) is 17.4 Å². The van der Waals surface area contributed by atoms with E-state index in [0.29, 0.717) is 55.1 Å². The molecule has 5 aromatic rings. The topological polar surface area (TPSA) is 77.8 Å². The highest BCUT2D eigenvalue weighted by Crippen LogP contribution is 2.34. The predicted molar refractivity (Wildman–Crippen MR) is 160 cm³/mol. The minimum absolute atomic E-state index is 0.148. The lowest BCUT2D eigenvalue weighted by atomic mass is 9.98. The van der Waals surface area contributed by atoms with E-state index >= 15 is 0 Å². The summed E-state index contributed by atoms with van der Waals surface area (Å²) < 4.78 is 17.1. The molecule has 5 rings (SSSR count). The minimum Gasteiger partial charge on any atom is -0.493 e. The zero-order chi connectivity index (χ0) is 28.4. The Morgan fingerprint density at radius 1 is 0.854 bits per heavy atom. The Morgan fingerprint density at radius 3 is 2.37 bits per heavy atom. The molecule has 208 valence electrons. The molecule has 0 aliphatic rings. The van der Waals surface area contributed by atoms with Crippen LogP contribution in [0, 0.1) is 0 Å². The van der Waals surface area contributed by atoms with Gasteiger partial charge in [-0.1, -0.05) is 72.8 Å². The number of amides is 1. The lowest BCUT2D eigenvalue weighted by Gasteiger charge is -2.19. The Kier molecular flexibility index (Phi) is 9.12. The highest BCUT2D eigenvalue weighted by molar-refractivity contribution is 5.98. The Hall–Kier alpha value is -4.84. The Bertz CT molecular complexity index is 1590. The third kappa shape index (κ3) is 7.22. The van der Waals surface area contributed by atoms with Crippen LogP contribution in [0.2, 0.25) is 0 Å². The Labute approximate surface area is 239 Å². The first kappa shape index (κ1) is 27.7. The third-order valence-electron chi connectivity index (χ3n) is 6.81. The Balaban J connectivity index is 1.32. The monoisotopic (exact) mass is 547 g/mol. The van der Waals surface area contributed by atoms with Crippen LogP contribution in [0.1, 0.15) is 47.3 Å². The minimum atomic E-state index is -0.225. The first-order chi connectivity index (χ1) is 20.1. The zero-order valence-corrected chi connectivity index (χ0v) is 23.0. The number of hydrogen-bond acceptors (Lipinski definition) is 5. The van der Waals surface area contributed by atoms with E-state index in [1.165, 1.54) is 0 Å². The second-order valence-corrected chi connectivity index (χ2v) is 9.74. The van der Waals surface area contributed by atoms with Crippen molar-refractivity contribution >= 4 is 22.8 Å². The molecule has 6 nitrogen and oxygen atoms in total. The van der Waals surface area contributed by atoms with E-state index in [9.17, 15) is 9.59 Å². The average Bonchev–Trinajstić information content (AvgIpc) is 3.44. The number of carbonyl (C=O) groups is 2. The standard InChI is InChI=1S/C35H33NO5/c1-2-39-34(37)18-11-21-40-32-17-10-9-16-29(32)33-24-28-23-27(19-20-31(28)41-33)35(38)36-30(26-14-7-4-8-15-26)22-25-12-5-3-6-13-25/h3-10,12-17,19-20,23-24,30H,2,11,18,21-22H2,1H3,(H,36,38). The first-order valence-corrected chi connectivity index (χ1v) is 13.9. The number of esters is 1. The molecular weight excluding hydrogens is 514 g/mol. The van der Waals surface area contributed by atoms with Gasteiger partial charge in [0.1, 0.15) is 17.1 Å². The number of nitrogens with one attached hydrogen (secondary N) is 1. The van der Waals surface area contributed by atoms with E-state index in [1.54, 1.807) is 13.0 Å². The molecule has 41 heavy (non-hydrogen) atoms. The number of para-hydroxylation sites is 1. The summed E-state index contributed by atoms with van der Waals surface area (Å²) in [6, 6.07) is 35.0. The molecule has 0 radical (unpaired) electrons. The van der Waals surface area contributed by atoms with E-state index in [0.717, 1.165) is 22.1 Å². The normalized spacial score (nSPS) is 11.6. The molecule has 1 aromatic heterocycles. The van der Waals surface area contributed by atoms with Crippen LogP contribution in [0.4, 0.5) is 0 Å². The van der Waals surface area contributed by atoms with Gasteiger partial charge in [0.2, 0.25) is 0 Å². The largest absolute Gasteiger partial charge is 0.493 e. The molecule has 1 amide bonds. The maximum atomic E-state index is 13.4. The van der Waals surface area contributed by atoms with Crippen LogP contribution in [-0.4, -0.2) is 25.1 Å². The van der Waals surface area contributed by atoms with Crippen molar-refractivity contribution < 1.29 is 23.5 Å². The van der Waals surface area contributed by atoms with Crippen LogP contribution < -0.4 is 10.1 Å². The van der Waals surface area contributed by atoms with E-state index < -0.39 is 0 Å². The summed E-state index contributed by atoms with van der Waals surface area (Å²) in [5, 5.41) is 4.06. The number of benzene rings is 4. The number of rotatable bonds is 12. The van der Waals surface area contributed by atoms with Crippen molar-refractivity contribution in [3.63, 3.8) is 0 Å². The van der Waals surface area contributed by atoms with Crippen molar-refractivity contribution in [2.24, 2.45) is 0 Å². The molecule has 1 N–H and O–H groups in total. The van der Waals surface area contributed by atoms with Crippen LogP contribution in [0.5, 0.6) is 5.75 Å². The van der Waals surface area contributed by atoms with Crippen molar-refractivity contribution in [1.82, 2.24) is 5.32 Å². The molecule has 1 unspecified atom stereocenters. The quantitative estimate of drug-likeness (QED) is 0.129. The molecule has 0 saturated heterocycles. The molecule has 0 spiro atoms. The van der Waals surface area contributed by atoms with Gasteiger partial charge in [-0.2, -0.15) is 0 Å². The maximum Gasteiger partial charge on any atom is 0.305 e. The van der Waals surface area contributed by atoms with Crippen LogP contribution in [0.25, 0.3) is 22.3 Å². The number of carbonyl (C=O) groups excluding carboxylic acids is 2. The lowest BCUT2D eigenvalue weighted by Crippen LogP contribution is -2.30. The van der Waals surface area contributed by atoms with Gasteiger partial charge in [-0.3, -0.25) is 9.59 Å². The molecular formula is C35H33NO5. The van der Waals surface area contributed by atoms with Gasteiger partial charge >= 0.3 is 5.97 Å². The van der Waals surface area contributed by atoms with Gasteiger partial charge < -0.3 is 19.2 Å². The lowest BCUT2D eigenvalue weighted by molar-refractivity contribution is -0.143. The first-order valence-electron chi connectivity index (χ1n) is 13.9. The summed E-state index contributed by atoms with van der Waals surface area (Å²) >= 11 is 0. The summed E-state index contributed by atoms with van der Waals surface area (Å²) in [5.41, 5.74) is 4.24. The van der Waals surface area contributed by atoms with Gasteiger partial charge in [0, 0.05) is 17.4 Å². The molecule has 6 heteroatoms. The van der Waals surface area contributed by atoms with Crippen LogP contribution in [-0.2, 0) is 16.0 Å². The fraction of sp³-hybridized carbons (Fsp3) is 0.200. The van der Waals surface area contributed by atoms with E-state index in [4.69, 9.17) is 13.9 Å². The van der Waals surface area contributed by atoms with Gasteiger partial charge in [0.05, 0.1) is 24.8 Å². The van der Waals surface area contributed by atoms with E-state index in [1.807, 2.05) is 91.0 Å². The fourth-order valence-electron chi connectivity index (χ4n) is 4.77. The Morgan fingerprint density at radius 2 is 1.59 bits per heavy atom. The fourth-order valence-corrected chi connectivity index (χ4v) is 4.77. The SMILES string of the molecule is CCOC(=O)CCCOc1ccccc1-c1cc2cc(C(=O)NC(Cc3ccccc3)c3ccccc3)ccc2o1. The highest BCUT2D eigenvalue weighted by Gasteiger charge is 2.18. The smallest absolute Gasteiger partial charge is 0.305 e. The molecule has 0 saturated carbocycles. The van der Waals surface area contributed by atoms with Gasteiger partial charge in [0.15, 0.2) is 0 Å². The van der Waals surface area contributed by atoms with Crippen LogP contribution in [0.15, 0.2) is 114 Å². The summed E-state index contributed by atoms with van der Waals surface area (Å²) in [4.78, 5) is 25.0. The van der Waals surface area contributed by atoms with Gasteiger partial charge in [-0.25, -0.2) is 0 Å². The predicted octanol–water partition coefficient (Wildman–Crippen LogP) is 7.54. The summed E-state index contributed by atoms with van der Waals surface area (Å²) in [6.45, 7) is 2.55. The van der Waals surface area contributed by atoms with Crippen molar-refractivity contribution in [1.29, 1.82) is 0 Å².